The second kappa shape index (κ2) is 5.28. The molecule has 20 heavy (non-hydrogen) atoms. The molecular weight excluding hydrogens is 299 g/mol. The van der Waals surface area contributed by atoms with Crippen LogP contribution in [0, 0.1) is 0 Å². The van der Waals surface area contributed by atoms with Crippen molar-refractivity contribution >= 4 is 23.0 Å². The van der Waals surface area contributed by atoms with Crippen molar-refractivity contribution in [1.82, 2.24) is 14.8 Å². The average molecular weight is 308 g/mol. The summed E-state index contributed by atoms with van der Waals surface area (Å²) < 4.78 is 37.4. The first-order valence-electron chi connectivity index (χ1n) is 5.57. The lowest BCUT2D eigenvalue weighted by molar-refractivity contribution is -0.171. The molecule has 5 nitrogen and oxygen atoms in total. The Bertz CT molecular complexity index is 642. The molecular formula is C11H9ClF3N3O2. The lowest BCUT2D eigenvalue weighted by atomic mass is 10.1. The molecule has 0 spiro atoms. The van der Waals surface area contributed by atoms with Crippen LogP contribution in [-0.2, 0) is 11.3 Å². The molecule has 1 heterocycles. The summed E-state index contributed by atoms with van der Waals surface area (Å²) in [5.41, 5.74) is -0.435. The van der Waals surface area contributed by atoms with Crippen LogP contribution in [0.2, 0.25) is 0 Å². The number of H-pyrrole nitrogens is 1. The van der Waals surface area contributed by atoms with Crippen LogP contribution in [0.1, 0.15) is 12.2 Å². The van der Waals surface area contributed by atoms with Gasteiger partial charge in [0.1, 0.15) is 0 Å². The molecule has 0 aliphatic heterocycles. The lowest BCUT2D eigenvalue weighted by Gasteiger charge is -2.11. The first-order valence-corrected chi connectivity index (χ1v) is 6.00. The van der Waals surface area contributed by atoms with Crippen LogP contribution in [0.4, 0.5) is 13.2 Å². The third kappa shape index (κ3) is 3.01. The van der Waals surface area contributed by atoms with E-state index in [9.17, 15) is 22.8 Å². The van der Waals surface area contributed by atoms with Gasteiger partial charge in [-0.3, -0.25) is 9.36 Å². The summed E-state index contributed by atoms with van der Waals surface area (Å²) in [5, 5.41) is 5.46. The molecule has 0 amide bonds. The van der Waals surface area contributed by atoms with Crippen LogP contribution in [0.5, 0.6) is 0 Å². The Hall–Kier alpha value is -1.83. The van der Waals surface area contributed by atoms with E-state index >= 15 is 0 Å². The first-order chi connectivity index (χ1) is 9.29. The van der Waals surface area contributed by atoms with E-state index in [2.05, 4.69) is 5.10 Å². The van der Waals surface area contributed by atoms with Gasteiger partial charge in [-0.25, -0.2) is 9.89 Å². The first kappa shape index (κ1) is 14.6. The minimum Gasteiger partial charge on any atom is -0.288 e. The number of alkyl halides is 4. The third-order valence-electron chi connectivity index (χ3n) is 2.68. The zero-order valence-electron chi connectivity index (χ0n) is 9.95. The molecule has 1 aromatic rings. The average Bonchev–Trinajstić information content (AvgIpc) is 2.71. The zero-order valence-corrected chi connectivity index (χ0v) is 10.7. The fourth-order valence-electron chi connectivity index (χ4n) is 1.68. The molecule has 1 aliphatic carbocycles. The van der Waals surface area contributed by atoms with Gasteiger partial charge in [0.15, 0.2) is 5.82 Å². The Kier molecular flexibility index (Phi) is 3.85. The molecule has 0 bridgehead atoms. The van der Waals surface area contributed by atoms with Gasteiger partial charge >= 0.3 is 11.9 Å². The van der Waals surface area contributed by atoms with E-state index in [0.717, 1.165) is 0 Å². The van der Waals surface area contributed by atoms with E-state index in [-0.39, 0.29) is 11.2 Å². The molecule has 1 aliphatic rings. The molecule has 0 saturated carbocycles. The fraction of sp³-hybridized carbons (Fsp3) is 0.364. The molecule has 1 aromatic heterocycles. The van der Waals surface area contributed by atoms with E-state index in [1.165, 1.54) is 0 Å². The summed E-state index contributed by atoms with van der Waals surface area (Å²) >= 11 is 5.83. The predicted molar refractivity (Wildman–Crippen MR) is 65.3 cm³/mol. The van der Waals surface area contributed by atoms with Gasteiger partial charge in [0, 0.05) is 5.57 Å². The van der Waals surface area contributed by atoms with Crippen molar-refractivity contribution in [3.8, 4) is 0 Å². The monoisotopic (exact) mass is 307 g/mol. The number of nitrogens with one attached hydrogen (secondary N) is 1. The lowest BCUT2D eigenvalue weighted by Crippen LogP contribution is -2.32. The van der Waals surface area contributed by atoms with Gasteiger partial charge < -0.3 is 0 Å². The minimum atomic E-state index is -4.99. The van der Waals surface area contributed by atoms with Gasteiger partial charge in [0.2, 0.25) is 0 Å². The molecule has 0 saturated heterocycles. The largest absolute Gasteiger partial charge is 0.451 e. The highest BCUT2D eigenvalue weighted by Crippen LogP contribution is 2.22. The van der Waals surface area contributed by atoms with Crippen LogP contribution < -0.4 is 5.69 Å². The molecule has 0 aromatic carbocycles. The number of allylic oxidation sites excluding steroid dienone is 4. The number of rotatable bonds is 3. The molecule has 1 atom stereocenters. The Balaban J connectivity index is 2.32. The number of nitrogens with zero attached hydrogens (tertiary/aromatic N) is 2. The van der Waals surface area contributed by atoms with Gasteiger partial charge in [-0.15, -0.1) is 11.6 Å². The number of aromatic amines is 1. The predicted octanol–water partition coefficient (Wildman–Crippen LogP) is 1.65. The maximum absolute atomic E-state index is 12.3. The normalized spacial score (nSPS) is 19.0. The highest BCUT2D eigenvalue weighted by molar-refractivity contribution is 6.22. The Morgan fingerprint density at radius 2 is 2.25 bits per heavy atom. The van der Waals surface area contributed by atoms with Crippen LogP contribution in [-0.4, -0.2) is 32.1 Å². The SMILES string of the molecule is O=C(Cn1c(C2=CCC(Cl)C=C2)n[nH]c1=O)C(F)(F)F. The van der Waals surface area contributed by atoms with Crippen molar-refractivity contribution in [3.05, 3.63) is 34.5 Å². The number of aromatic nitrogens is 3. The highest BCUT2D eigenvalue weighted by atomic mass is 35.5. The van der Waals surface area contributed by atoms with Crippen LogP contribution in [0.3, 0.4) is 0 Å². The maximum Gasteiger partial charge on any atom is 0.451 e. The molecule has 0 fully saturated rings. The van der Waals surface area contributed by atoms with Crippen molar-refractivity contribution in [1.29, 1.82) is 0 Å². The van der Waals surface area contributed by atoms with E-state index in [0.29, 0.717) is 16.6 Å². The van der Waals surface area contributed by atoms with E-state index in [1.807, 2.05) is 5.10 Å². The Morgan fingerprint density at radius 1 is 1.55 bits per heavy atom. The van der Waals surface area contributed by atoms with Crippen molar-refractivity contribution in [2.24, 2.45) is 0 Å². The smallest absolute Gasteiger partial charge is 0.288 e. The second-order valence-corrected chi connectivity index (χ2v) is 4.69. The highest BCUT2D eigenvalue weighted by Gasteiger charge is 2.39. The van der Waals surface area contributed by atoms with Gasteiger partial charge in [-0.05, 0) is 6.42 Å². The summed E-state index contributed by atoms with van der Waals surface area (Å²) in [6.07, 6.45) is 0.285. The number of Topliss-reactive ketones (excluding diaryl/α,β-unsaturated/α-hetero) is 1. The van der Waals surface area contributed by atoms with E-state index in [1.54, 1.807) is 18.2 Å². The quantitative estimate of drug-likeness (QED) is 0.864. The molecule has 1 unspecified atom stereocenters. The summed E-state index contributed by atoms with van der Waals surface area (Å²) in [5.74, 6) is -2.04. The van der Waals surface area contributed by atoms with Crippen LogP contribution in [0.25, 0.3) is 5.57 Å². The fourth-order valence-corrected chi connectivity index (χ4v) is 1.84. The topological polar surface area (TPSA) is 67.8 Å². The number of hydrogen-bond donors (Lipinski definition) is 1. The molecule has 1 N–H and O–H groups in total. The summed E-state index contributed by atoms with van der Waals surface area (Å²) in [7, 11) is 0. The molecule has 108 valence electrons. The number of halogens is 4. The molecule has 0 radical (unpaired) electrons. The molecule has 9 heteroatoms. The van der Waals surface area contributed by atoms with Gasteiger partial charge in [0.25, 0.3) is 5.78 Å². The summed E-state index contributed by atoms with van der Waals surface area (Å²) in [6, 6.07) is 0. The van der Waals surface area contributed by atoms with Crippen molar-refractivity contribution in [2.45, 2.75) is 24.5 Å². The third-order valence-corrected chi connectivity index (χ3v) is 3.01. The van der Waals surface area contributed by atoms with Gasteiger partial charge in [-0.2, -0.15) is 18.3 Å². The summed E-state index contributed by atoms with van der Waals surface area (Å²) in [6.45, 7) is -1.11. The van der Waals surface area contributed by atoms with Crippen LogP contribution in [0.15, 0.2) is 23.0 Å². The van der Waals surface area contributed by atoms with Crippen LogP contribution >= 0.6 is 11.6 Å². The minimum absolute atomic E-state index is 0.0209. The number of hydrogen-bond acceptors (Lipinski definition) is 3. The van der Waals surface area contributed by atoms with Crippen molar-refractivity contribution in [2.75, 3.05) is 0 Å². The number of ketones is 1. The van der Waals surface area contributed by atoms with E-state index < -0.39 is 24.2 Å². The van der Waals surface area contributed by atoms with E-state index in [4.69, 9.17) is 11.6 Å². The number of carbonyl (C=O) groups is 1. The Labute approximate surface area is 115 Å². The Morgan fingerprint density at radius 3 is 2.80 bits per heavy atom. The molecule has 2 rings (SSSR count). The standard InChI is InChI=1S/C11H9ClF3N3O2/c12-7-3-1-6(2-4-7)9-16-17-10(20)18(9)5-8(19)11(13,14)15/h1-3,7H,4-5H2,(H,17,20). The maximum atomic E-state index is 12.3. The zero-order chi connectivity index (χ0) is 14.9. The van der Waals surface area contributed by atoms with Crippen molar-refractivity contribution in [3.63, 3.8) is 0 Å². The van der Waals surface area contributed by atoms with Gasteiger partial charge in [-0.1, -0.05) is 18.2 Å². The van der Waals surface area contributed by atoms with Crippen molar-refractivity contribution < 1.29 is 18.0 Å². The van der Waals surface area contributed by atoms with Gasteiger partial charge in [0.05, 0.1) is 11.9 Å². The second-order valence-electron chi connectivity index (χ2n) is 4.13. The number of carbonyl (C=O) groups excluding carboxylic acids is 1. The summed E-state index contributed by atoms with van der Waals surface area (Å²) in [4.78, 5) is 22.4.